The number of hydrogen-bond acceptors (Lipinski definition) is 5. The van der Waals surface area contributed by atoms with Gasteiger partial charge in [-0.2, -0.15) is 5.10 Å². The largest absolute Gasteiger partial charge is 0.372 e. The van der Waals surface area contributed by atoms with Crippen LogP contribution in [0.3, 0.4) is 0 Å². The molecule has 1 saturated heterocycles. The molecule has 3 aromatic rings. The first kappa shape index (κ1) is 22.6. The van der Waals surface area contributed by atoms with E-state index >= 15 is 0 Å². The topological polar surface area (TPSA) is 59.4 Å². The molecule has 1 aromatic carbocycles. The van der Waals surface area contributed by atoms with Crippen LogP contribution in [0.25, 0.3) is 17.3 Å². The van der Waals surface area contributed by atoms with E-state index in [1.165, 1.54) is 12.8 Å². The summed E-state index contributed by atoms with van der Waals surface area (Å²) >= 11 is 14.3. The van der Waals surface area contributed by atoms with Gasteiger partial charge in [-0.25, -0.2) is 9.69 Å². The third-order valence-corrected chi connectivity index (χ3v) is 7.23. The number of rotatable bonds is 4. The van der Waals surface area contributed by atoms with Gasteiger partial charge >= 0.3 is 0 Å². The van der Waals surface area contributed by atoms with Gasteiger partial charge in [0.05, 0.1) is 29.6 Å². The lowest BCUT2D eigenvalue weighted by atomic mass is 10.0. The van der Waals surface area contributed by atoms with E-state index in [2.05, 4.69) is 17.6 Å². The van der Waals surface area contributed by atoms with Crippen molar-refractivity contribution in [3.63, 3.8) is 0 Å². The summed E-state index contributed by atoms with van der Waals surface area (Å²) in [6.45, 7) is 2.43. The Morgan fingerprint density at radius 1 is 1.12 bits per heavy atom. The summed E-state index contributed by atoms with van der Waals surface area (Å²) in [7, 11) is 0. The fourth-order valence-electron chi connectivity index (χ4n) is 4.29. The summed E-state index contributed by atoms with van der Waals surface area (Å²) in [5, 5.41) is 9.80. The molecular formula is C24H24Cl2N4O2S. The molecule has 2 aromatic heterocycles. The molecule has 0 atom stereocenters. The summed E-state index contributed by atoms with van der Waals surface area (Å²) in [5.74, 6) is -0.224. The summed E-state index contributed by atoms with van der Waals surface area (Å²) in [6.07, 6.45) is 6.61. The molecule has 0 bridgehead atoms. The number of thiophene rings is 1. The number of benzene rings is 1. The Morgan fingerprint density at radius 3 is 2.67 bits per heavy atom. The number of carbonyl (C=O) groups excluding carboxylic acids is 1. The van der Waals surface area contributed by atoms with Crippen LogP contribution >= 0.6 is 34.5 Å². The first-order valence-electron chi connectivity index (χ1n) is 11.1. The fraction of sp³-hybridized carbons (Fsp3) is 0.333. The lowest BCUT2D eigenvalue weighted by molar-refractivity contribution is 0.0781. The van der Waals surface area contributed by atoms with Crippen molar-refractivity contribution in [2.45, 2.75) is 32.3 Å². The zero-order chi connectivity index (χ0) is 22.8. The van der Waals surface area contributed by atoms with E-state index in [9.17, 15) is 4.79 Å². The molecule has 5 rings (SSSR count). The number of fused-ring (bicyclic) bond motifs is 1. The Morgan fingerprint density at radius 2 is 1.94 bits per heavy atom. The van der Waals surface area contributed by atoms with Gasteiger partial charge in [0.25, 0.3) is 5.91 Å². The van der Waals surface area contributed by atoms with Crippen LogP contribution in [0.15, 0.2) is 35.7 Å². The third-order valence-electron chi connectivity index (χ3n) is 5.87. The molecule has 2 aliphatic heterocycles. The lowest BCUT2D eigenvalue weighted by Gasteiger charge is -2.21. The highest BCUT2D eigenvalue weighted by Crippen LogP contribution is 2.35. The second kappa shape index (κ2) is 9.99. The van der Waals surface area contributed by atoms with Crippen LogP contribution in [0.4, 0.5) is 0 Å². The maximum Gasteiger partial charge on any atom is 0.286 e. The molecule has 4 heterocycles. The quantitative estimate of drug-likeness (QED) is 0.487. The number of halogens is 2. The van der Waals surface area contributed by atoms with E-state index in [4.69, 9.17) is 33.0 Å². The first-order chi connectivity index (χ1) is 16.1. The highest BCUT2D eigenvalue weighted by Gasteiger charge is 2.30. The number of nitrogens with zero attached hydrogens (tertiary/aromatic N) is 3. The van der Waals surface area contributed by atoms with Crippen molar-refractivity contribution < 1.29 is 9.53 Å². The van der Waals surface area contributed by atoms with Crippen LogP contribution in [0.1, 0.15) is 52.3 Å². The number of carbonyl (C=O) groups is 1. The smallest absolute Gasteiger partial charge is 0.286 e. The highest BCUT2D eigenvalue weighted by molar-refractivity contribution is 7.10. The summed E-state index contributed by atoms with van der Waals surface area (Å²) in [5.41, 5.74) is 6.66. The molecule has 2 aliphatic rings. The van der Waals surface area contributed by atoms with E-state index < -0.39 is 0 Å². The van der Waals surface area contributed by atoms with Crippen LogP contribution in [0, 0.1) is 0 Å². The Labute approximate surface area is 206 Å². The molecule has 0 aliphatic carbocycles. The molecule has 1 fully saturated rings. The van der Waals surface area contributed by atoms with Crippen molar-refractivity contribution >= 4 is 52.1 Å². The zero-order valence-electron chi connectivity index (χ0n) is 18.0. The number of aromatic nitrogens is 2. The van der Waals surface area contributed by atoms with Crippen molar-refractivity contribution in [1.82, 2.24) is 20.2 Å². The van der Waals surface area contributed by atoms with Gasteiger partial charge in [-0.15, -0.1) is 11.3 Å². The van der Waals surface area contributed by atoms with Crippen molar-refractivity contribution in [1.29, 1.82) is 0 Å². The molecular weight excluding hydrogens is 479 g/mol. The summed E-state index contributed by atoms with van der Waals surface area (Å²) in [4.78, 5) is 14.5. The molecule has 9 heteroatoms. The van der Waals surface area contributed by atoms with Crippen molar-refractivity contribution in [3.8, 4) is 5.69 Å². The van der Waals surface area contributed by atoms with Crippen molar-refractivity contribution in [2.24, 2.45) is 0 Å². The van der Waals surface area contributed by atoms with Gasteiger partial charge in [0.2, 0.25) is 0 Å². The van der Waals surface area contributed by atoms with Gasteiger partial charge in [-0.05, 0) is 48.6 Å². The molecule has 0 unspecified atom stereocenters. The van der Waals surface area contributed by atoms with E-state index in [-0.39, 0.29) is 5.91 Å². The average molecular weight is 503 g/mol. The molecule has 0 saturated carbocycles. The number of hydrogen-bond donors (Lipinski definition) is 1. The SMILES string of the molecule is O=C(NN1CCCCCC1)c1nn(-c2ccc(Cl)cc2Cl)c2c1COC/C2=C\c1cccs1. The van der Waals surface area contributed by atoms with Crippen LogP contribution in [-0.2, 0) is 11.3 Å². The Kier molecular flexibility index (Phi) is 6.85. The van der Waals surface area contributed by atoms with E-state index in [1.807, 2.05) is 22.5 Å². The van der Waals surface area contributed by atoms with Crippen LogP contribution < -0.4 is 5.43 Å². The van der Waals surface area contributed by atoms with Gasteiger partial charge < -0.3 is 4.74 Å². The fourth-order valence-corrected chi connectivity index (χ4v) is 5.46. The number of nitrogens with one attached hydrogen (secondary N) is 1. The summed E-state index contributed by atoms with van der Waals surface area (Å²) < 4.78 is 7.65. The Bertz CT molecular complexity index is 1180. The predicted octanol–water partition coefficient (Wildman–Crippen LogP) is 5.83. The Hall–Kier alpha value is -2.16. The predicted molar refractivity (Wildman–Crippen MR) is 133 cm³/mol. The molecule has 1 amide bonds. The summed E-state index contributed by atoms with van der Waals surface area (Å²) in [6, 6.07) is 9.35. The van der Waals surface area contributed by atoms with E-state index in [0.717, 1.165) is 47.6 Å². The maximum atomic E-state index is 13.3. The van der Waals surface area contributed by atoms with Crippen molar-refractivity contribution in [3.05, 3.63) is 67.6 Å². The molecule has 172 valence electrons. The molecule has 33 heavy (non-hydrogen) atoms. The van der Waals surface area contributed by atoms with E-state index in [1.54, 1.807) is 28.2 Å². The number of hydrazine groups is 1. The Balaban J connectivity index is 1.59. The molecule has 6 nitrogen and oxygen atoms in total. The number of ether oxygens (including phenoxy) is 1. The monoisotopic (exact) mass is 502 g/mol. The van der Waals surface area contributed by atoms with Gasteiger partial charge in [-0.1, -0.05) is 42.1 Å². The molecule has 0 spiro atoms. The second-order valence-electron chi connectivity index (χ2n) is 8.20. The van der Waals surface area contributed by atoms with Crippen LogP contribution in [-0.4, -0.2) is 40.4 Å². The van der Waals surface area contributed by atoms with Crippen LogP contribution in [0.2, 0.25) is 10.0 Å². The van der Waals surface area contributed by atoms with Crippen LogP contribution in [0.5, 0.6) is 0 Å². The van der Waals surface area contributed by atoms with E-state index in [0.29, 0.717) is 34.6 Å². The first-order valence-corrected chi connectivity index (χ1v) is 12.7. The van der Waals surface area contributed by atoms with Gasteiger partial charge in [-0.3, -0.25) is 10.2 Å². The van der Waals surface area contributed by atoms with Gasteiger partial charge in [0.15, 0.2) is 5.69 Å². The standard InChI is InChI=1S/C24H24Cl2N4O2S/c25-17-7-8-21(20(26)13-17)30-23-16(12-18-6-5-11-33-18)14-32-15-19(23)22(27-30)24(31)28-29-9-3-1-2-4-10-29/h5-8,11-13H,1-4,9-10,14-15H2,(H,28,31)/b16-12+. The second-order valence-corrected chi connectivity index (χ2v) is 10.0. The number of amides is 1. The minimum Gasteiger partial charge on any atom is -0.372 e. The lowest BCUT2D eigenvalue weighted by Crippen LogP contribution is -2.43. The average Bonchev–Trinajstić information content (AvgIpc) is 3.37. The minimum atomic E-state index is -0.224. The van der Waals surface area contributed by atoms with Gasteiger partial charge in [0.1, 0.15) is 0 Å². The zero-order valence-corrected chi connectivity index (χ0v) is 20.3. The molecule has 0 radical (unpaired) electrons. The molecule has 1 N–H and O–H groups in total. The van der Waals surface area contributed by atoms with Crippen molar-refractivity contribution in [2.75, 3.05) is 19.7 Å². The normalized spacial score (nSPS) is 18.2. The third kappa shape index (κ3) is 4.88. The highest BCUT2D eigenvalue weighted by atomic mass is 35.5. The van der Waals surface area contributed by atoms with Gasteiger partial charge in [0, 0.05) is 34.1 Å². The maximum absolute atomic E-state index is 13.3. The minimum absolute atomic E-state index is 0.224.